The van der Waals surface area contributed by atoms with Crippen LogP contribution in [0.1, 0.15) is 30.9 Å². The molecule has 2 aliphatic rings. The van der Waals surface area contributed by atoms with Gasteiger partial charge in [0.15, 0.2) is 5.03 Å². The molecule has 1 fully saturated rings. The van der Waals surface area contributed by atoms with Crippen molar-refractivity contribution in [2.45, 2.75) is 42.8 Å². The standard InChI is InChI=1S/C29H29Cl2N7O6S/c1-29(15-18-2-4-19(16-32)5-3-18)27(41)37(22-13-20(30)12-21(31)14-22)28-34-17-25(38(28)29)45(42,43)35-23(26(33)40)6-7-24(39)36-8-10-44-11-9-36/h2-5,12-14,17,23,35H,6-11,15H2,1H3,(H2,33,40)/t23-,29+/m0/s1. The van der Waals surface area contributed by atoms with Crippen molar-refractivity contribution in [2.75, 3.05) is 31.2 Å². The quantitative estimate of drug-likeness (QED) is 0.329. The van der Waals surface area contributed by atoms with E-state index in [9.17, 15) is 28.1 Å². The monoisotopic (exact) mass is 673 g/mol. The Morgan fingerprint density at radius 2 is 1.80 bits per heavy atom. The topological polar surface area (TPSA) is 181 Å². The van der Waals surface area contributed by atoms with Crippen LogP contribution in [0, 0.1) is 11.3 Å². The van der Waals surface area contributed by atoms with Gasteiger partial charge >= 0.3 is 0 Å². The zero-order valence-electron chi connectivity index (χ0n) is 24.1. The van der Waals surface area contributed by atoms with Gasteiger partial charge in [0.05, 0.1) is 36.7 Å². The highest BCUT2D eigenvalue weighted by atomic mass is 35.5. The second kappa shape index (κ2) is 12.8. The Morgan fingerprint density at radius 3 is 2.40 bits per heavy atom. The van der Waals surface area contributed by atoms with Gasteiger partial charge in [0.2, 0.25) is 17.8 Å². The minimum absolute atomic E-state index is 0.0154. The number of sulfonamides is 1. The van der Waals surface area contributed by atoms with Crippen molar-refractivity contribution >= 4 is 62.6 Å². The molecule has 1 aromatic heterocycles. The Hall–Kier alpha value is -4.00. The summed E-state index contributed by atoms with van der Waals surface area (Å²) in [6, 6.07) is 11.6. The lowest BCUT2D eigenvalue weighted by molar-refractivity contribution is -0.135. The van der Waals surface area contributed by atoms with Gasteiger partial charge in [-0.1, -0.05) is 35.3 Å². The molecule has 13 nitrogen and oxygen atoms in total. The summed E-state index contributed by atoms with van der Waals surface area (Å²) in [6.45, 7) is 3.14. The zero-order valence-corrected chi connectivity index (χ0v) is 26.4. The van der Waals surface area contributed by atoms with Gasteiger partial charge in [-0.3, -0.25) is 19.0 Å². The predicted molar refractivity (Wildman–Crippen MR) is 164 cm³/mol. The molecule has 45 heavy (non-hydrogen) atoms. The molecule has 0 saturated carbocycles. The van der Waals surface area contributed by atoms with Gasteiger partial charge < -0.3 is 15.4 Å². The molecular weight excluding hydrogens is 645 g/mol. The minimum atomic E-state index is -4.55. The number of halogens is 2. The molecule has 0 spiro atoms. The lowest BCUT2D eigenvalue weighted by atomic mass is 9.91. The van der Waals surface area contributed by atoms with Crippen molar-refractivity contribution in [2.24, 2.45) is 5.73 Å². The molecule has 0 bridgehead atoms. The molecule has 0 aliphatic carbocycles. The number of amides is 3. The number of anilines is 2. The molecule has 1 saturated heterocycles. The first-order valence-electron chi connectivity index (χ1n) is 13.9. The van der Waals surface area contributed by atoms with Gasteiger partial charge in [-0.2, -0.15) is 9.98 Å². The minimum Gasteiger partial charge on any atom is -0.378 e. The molecule has 3 heterocycles. The van der Waals surface area contributed by atoms with Crippen LogP contribution in [0.25, 0.3) is 0 Å². The van der Waals surface area contributed by atoms with E-state index in [0.717, 1.165) is 6.20 Å². The van der Waals surface area contributed by atoms with E-state index in [4.69, 9.17) is 33.7 Å². The van der Waals surface area contributed by atoms with Crippen molar-refractivity contribution in [1.82, 2.24) is 19.2 Å². The summed E-state index contributed by atoms with van der Waals surface area (Å²) in [5, 5.41) is 9.30. The highest BCUT2D eigenvalue weighted by Crippen LogP contribution is 2.44. The Kier molecular flexibility index (Phi) is 9.20. The van der Waals surface area contributed by atoms with Crippen molar-refractivity contribution in [3.05, 3.63) is 69.8 Å². The Bertz CT molecular complexity index is 1780. The van der Waals surface area contributed by atoms with E-state index in [0.29, 0.717) is 37.4 Å². The first-order valence-corrected chi connectivity index (χ1v) is 16.1. The van der Waals surface area contributed by atoms with Crippen molar-refractivity contribution in [1.29, 1.82) is 5.26 Å². The van der Waals surface area contributed by atoms with Crippen LogP contribution in [-0.2, 0) is 41.1 Å². The van der Waals surface area contributed by atoms with E-state index in [1.165, 1.54) is 27.7 Å². The molecule has 2 atom stereocenters. The molecular formula is C29H29Cl2N7O6S. The summed E-state index contributed by atoms with van der Waals surface area (Å²) >= 11 is 12.5. The second-order valence-corrected chi connectivity index (χ2v) is 13.4. The Labute approximate surface area is 269 Å². The average Bonchev–Trinajstić information content (AvgIpc) is 3.53. The van der Waals surface area contributed by atoms with Gasteiger partial charge in [0.25, 0.3) is 15.9 Å². The lowest BCUT2D eigenvalue weighted by Gasteiger charge is -2.28. The fourth-order valence-corrected chi connectivity index (χ4v) is 7.42. The fourth-order valence-electron chi connectivity index (χ4n) is 5.46. The van der Waals surface area contributed by atoms with Crippen LogP contribution in [0.2, 0.25) is 10.0 Å². The molecule has 2 aliphatic heterocycles. The number of morpholine rings is 1. The molecule has 5 rings (SSSR count). The highest BCUT2D eigenvalue weighted by molar-refractivity contribution is 7.89. The Morgan fingerprint density at radius 1 is 1.16 bits per heavy atom. The highest BCUT2D eigenvalue weighted by Gasteiger charge is 2.52. The number of aromatic nitrogens is 2. The summed E-state index contributed by atoms with van der Waals surface area (Å²) < 4.78 is 36.6. The maximum atomic E-state index is 14.2. The number of hydrogen-bond donors (Lipinski definition) is 2. The molecule has 236 valence electrons. The van der Waals surface area contributed by atoms with E-state index in [2.05, 4.69) is 9.71 Å². The number of imidazole rings is 1. The number of nitrogens with zero attached hydrogens (tertiary/aromatic N) is 5. The van der Waals surface area contributed by atoms with E-state index in [1.54, 1.807) is 36.1 Å². The second-order valence-electron chi connectivity index (χ2n) is 10.9. The molecule has 2 aromatic carbocycles. The van der Waals surface area contributed by atoms with Crippen LogP contribution < -0.4 is 15.4 Å². The number of nitriles is 1. The normalized spacial score (nSPS) is 18.8. The van der Waals surface area contributed by atoms with E-state index >= 15 is 0 Å². The third-order valence-electron chi connectivity index (χ3n) is 7.73. The lowest BCUT2D eigenvalue weighted by Crippen LogP contribution is -2.47. The first-order chi connectivity index (χ1) is 21.3. The summed E-state index contributed by atoms with van der Waals surface area (Å²) in [4.78, 5) is 46.4. The number of rotatable bonds is 10. The largest absolute Gasteiger partial charge is 0.378 e. The first kappa shape index (κ1) is 32.4. The number of nitrogens with two attached hydrogens (primary N) is 1. The fraction of sp³-hybridized carbons (Fsp3) is 0.345. The van der Waals surface area contributed by atoms with Crippen LogP contribution in [0.3, 0.4) is 0 Å². The molecule has 0 radical (unpaired) electrons. The number of benzene rings is 2. The predicted octanol–water partition coefficient (Wildman–Crippen LogP) is 2.47. The van der Waals surface area contributed by atoms with Gasteiger partial charge in [-0.25, -0.2) is 18.3 Å². The maximum absolute atomic E-state index is 14.2. The van der Waals surface area contributed by atoms with Crippen LogP contribution in [-0.4, -0.2) is 72.9 Å². The Balaban J connectivity index is 1.51. The maximum Gasteiger partial charge on any atom is 0.260 e. The van der Waals surface area contributed by atoms with E-state index in [1.807, 2.05) is 6.07 Å². The molecule has 3 amide bonds. The summed E-state index contributed by atoms with van der Waals surface area (Å²) in [7, 11) is -4.55. The summed E-state index contributed by atoms with van der Waals surface area (Å²) in [5.74, 6) is -1.77. The number of fused-ring (bicyclic) bond motifs is 1. The summed E-state index contributed by atoms with van der Waals surface area (Å²) in [5.41, 5.74) is 5.33. The van der Waals surface area contributed by atoms with E-state index in [-0.39, 0.29) is 46.9 Å². The van der Waals surface area contributed by atoms with Gasteiger partial charge in [-0.15, -0.1) is 0 Å². The number of nitrogens with one attached hydrogen (secondary N) is 1. The van der Waals surface area contributed by atoms with Gasteiger partial charge in [0, 0.05) is 36.0 Å². The van der Waals surface area contributed by atoms with Crippen LogP contribution >= 0.6 is 23.2 Å². The van der Waals surface area contributed by atoms with E-state index < -0.39 is 38.4 Å². The van der Waals surface area contributed by atoms with Crippen LogP contribution in [0.5, 0.6) is 0 Å². The number of hydrogen-bond acceptors (Lipinski definition) is 8. The third-order valence-corrected chi connectivity index (χ3v) is 9.60. The molecule has 0 unspecified atom stereocenters. The number of primary amides is 1. The number of carbonyl (C=O) groups is 3. The summed E-state index contributed by atoms with van der Waals surface area (Å²) in [6.07, 6.45) is 0.790. The SMILES string of the molecule is C[C@@]1(Cc2ccc(C#N)cc2)C(=O)N(c2cc(Cl)cc(Cl)c2)c2ncc(S(=O)(=O)N[C@@H](CCC(=O)N3CCOCC3)C(N)=O)n21. The zero-order chi connectivity index (χ0) is 32.5. The number of carbonyl (C=O) groups excluding carboxylic acids is 3. The molecule has 16 heteroatoms. The van der Waals surface area contributed by atoms with Crippen molar-refractivity contribution in [3.63, 3.8) is 0 Å². The van der Waals surface area contributed by atoms with Crippen LogP contribution in [0.15, 0.2) is 53.7 Å². The average molecular weight is 675 g/mol. The number of ether oxygens (including phenoxy) is 1. The van der Waals surface area contributed by atoms with Gasteiger partial charge in [0.1, 0.15) is 11.6 Å². The van der Waals surface area contributed by atoms with Crippen molar-refractivity contribution < 1.29 is 27.5 Å². The van der Waals surface area contributed by atoms with Crippen molar-refractivity contribution in [3.8, 4) is 6.07 Å². The van der Waals surface area contributed by atoms with Crippen LogP contribution in [0.4, 0.5) is 11.6 Å². The molecule has 3 aromatic rings. The molecule has 3 N–H and O–H groups in total. The van der Waals surface area contributed by atoms with Gasteiger partial charge in [-0.05, 0) is 49.2 Å². The third kappa shape index (κ3) is 6.54. The smallest absolute Gasteiger partial charge is 0.260 e.